The largest absolute Gasteiger partial charge is 0.492 e. The smallest absolute Gasteiger partial charge is 0.305 e. The Bertz CT molecular complexity index is 775. The van der Waals surface area contributed by atoms with Crippen molar-refractivity contribution in [2.45, 2.75) is 38.1 Å². The van der Waals surface area contributed by atoms with Gasteiger partial charge in [-0.15, -0.1) is 0 Å². The number of hydrogen-bond acceptors (Lipinski definition) is 3. The Kier molecular flexibility index (Phi) is 6.47. The van der Waals surface area contributed by atoms with E-state index in [9.17, 15) is 9.59 Å². The second-order valence-corrected chi connectivity index (χ2v) is 6.83. The molecular weight excluding hydrogens is 342 g/mol. The molecule has 1 atom stereocenters. The third-order valence-corrected chi connectivity index (χ3v) is 4.91. The summed E-state index contributed by atoms with van der Waals surface area (Å²) in [7, 11) is 0. The highest BCUT2D eigenvalue weighted by Crippen LogP contribution is 2.26. The summed E-state index contributed by atoms with van der Waals surface area (Å²) < 4.78 is 5.91. The van der Waals surface area contributed by atoms with Crippen LogP contribution in [-0.2, 0) is 11.2 Å². The first-order valence-corrected chi connectivity index (χ1v) is 9.43. The minimum absolute atomic E-state index is 0.0111. The minimum atomic E-state index is -0.868. The molecule has 3 rings (SSSR count). The van der Waals surface area contributed by atoms with Crippen LogP contribution in [0.25, 0.3) is 0 Å². The van der Waals surface area contributed by atoms with E-state index in [2.05, 4.69) is 0 Å². The van der Waals surface area contributed by atoms with Crippen LogP contribution in [-0.4, -0.2) is 41.1 Å². The molecule has 1 amide bonds. The maximum atomic E-state index is 13.1. The van der Waals surface area contributed by atoms with Gasteiger partial charge in [0.05, 0.1) is 18.6 Å². The summed E-state index contributed by atoms with van der Waals surface area (Å²) in [5.41, 5.74) is 1.68. The van der Waals surface area contributed by atoms with Crippen molar-refractivity contribution in [3.05, 3.63) is 65.7 Å². The van der Waals surface area contributed by atoms with Gasteiger partial charge in [-0.2, -0.15) is 0 Å². The van der Waals surface area contributed by atoms with E-state index >= 15 is 0 Å². The number of carboxylic acids is 1. The predicted molar refractivity (Wildman–Crippen MR) is 103 cm³/mol. The maximum Gasteiger partial charge on any atom is 0.305 e. The van der Waals surface area contributed by atoms with Crippen LogP contribution in [0.15, 0.2) is 54.6 Å². The van der Waals surface area contributed by atoms with E-state index in [-0.39, 0.29) is 18.4 Å². The summed E-state index contributed by atoms with van der Waals surface area (Å²) in [6.07, 6.45) is 3.34. The van der Waals surface area contributed by atoms with Gasteiger partial charge in [0.25, 0.3) is 5.91 Å². The summed E-state index contributed by atoms with van der Waals surface area (Å²) in [5.74, 6) is -0.457. The third kappa shape index (κ3) is 5.09. The molecule has 5 heteroatoms. The highest BCUT2D eigenvalue weighted by molar-refractivity contribution is 5.97. The Morgan fingerprint density at radius 3 is 2.56 bits per heavy atom. The molecule has 5 nitrogen and oxygen atoms in total. The Morgan fingerprint density at radius 2 is 1.78 bits per heavy atom. The van der Waals surface area contributed by atoms with Gasteiger partial charge in [0.15, 0.2) is 0 Å². The van der Waals surface area contributed by atoms with E-state index in [4.69, 9.17) is 9.84 Å². The SMILES string of the molecule is O=C(O)C[C@H]1CCCCN1C(=O)c1ccccc1OCCc1ccccc1. The second kappa shape index (κ2) is 9.21. The van der Waals surface area contributed by atoms with Crippen LogP contribution in [0.1, 0.15) is 41.6 Å². The highest BCUT2D eigenvalue weighted by Gasteiger charge is 2.30. The molecule has 0 unspecified atom stereocenters. The lowest BCUT2D eigenvalue weighted by Crippen LogP contribution is -2.44. The summed E-state index contributed by atoms with van der Waals surface area (Å²) in [5, 5.41) is 9.15. The fourth-order valence-electron chi connectivity index (χ4n) is 3.53. The van der Waals surface area contributed by atoms with Gasteiger partial charge < -0.3 is 14.7 Å². The van der Waals surface area contributed by atoms with Crippen LogP contribution < -0.4 is 4.74 Å². The average molecular weight is 367 g/mol. The van der Waals surface area contributed by atoms with E-state index in [1.165, 1.54) is 5.56 Å². The van der Waals surface area contributed by atoms with Gasteiger partial charge in [0, 0.05) is 19.0 Å². The van der Waals surface area contributed by atoms with Crippen molar-refractivity contribution >= 4 is 11.9 Å². The van der Waals surface area contributed by atoms with Crippen molar-refractivity contribution in [1.29, 1.82) is 0 Å². The zero-order valence-corrected chi connectivity index (χ0v) is 15.3. The number of carbonyl (C=O) groups excluding carboxylic acids is 1. The molecule has 1 aliphatic rings. The van der Waals surface area contributed by atoms with Gasteiger partial charge >= 0.3 is 5.97 Å². The summed E-state index contributed by atoms with van der Waals surface area (Å²) >= 11 is 0. The number of likely N-dealkylation sites (tertiary alicyclic amines) is 1. The van der Waals surface area contributed by atoms with Gasteiger partial charge in [-0.1, -0.05) is 42.5 Å². The van der Waals surface area contributed by atoms with Gasteiger partial charge in [0.2, 0.25) is 0 Å². The first kappa shape index (κ1) is 19.0. The van der Waals surface area contributed by atoms with Crippen LogP contribution in [0.4, 0.5) is 0 Å². The molecule has 1 aliphatic heterocycles. The standard InChI is InChI=1S/C22H25NO4/c24-21(25)16-18-10-6-7-14-23(18)22(26)19-11-4-5-12-20(19)27-15-13-17-8-2-1-3-9-17/h1-5,8-9,11-12,18H,6-7,10,13-16H2,(H,24,25)/t18-/m1/s1. The first-order valence-electron chi connectivity index (χ1n) is 9.43. The van der Waals surface area contributed by atoms with Crippen molar-refractivity contribution < 1.29 is 19.4 Å². The van der Waals surface area contributed by atoms with E-state index in [1.54, 1.807) is 17.0 Å². The van der Waals surface area contributed by atoms with Crippen LogP contribution in [0, 0.1) is 0 Å². The number of piperidine rings is 1. The predicted octanol–water partition coefficient (Wildman–Crippen LogP) is 3.78. The molecule has 0 aromatic heterocycles. The first-order chi connectivity index (χ1) is 13.1. The number of ether oxygens (including phenoxy) is 1. The molecule has 1 fully saturated rings. The average Bonchev–Trinajstić information content (AvgIpc) is 2.69. The quantitative estimate of drug-likeness (QED) is 0.809. The van der Waals surface area contributed by atoms with E-state index in [0.717, 1.165) is 25.7 Å². The normalized spacial score (nSPS) is 16.7. The molecule has 27 heavy (non-hydrogen) atoms. The molecule has 1 heterocycles. The van der Waals surface area contributed by atoms with Crippen molar-refractivity contribution in [3.8, 4) is 5.75 Å². The molecule has 0 aliphatic carbocycles. The van der Waals surface area contributed by atoms with Crippen molar-refractivity contribution in [2.24, 2.45) is 0 Å². The van der Waals surface area contributed by atoms with Gasteiger partial charge in [-0.25, -0.2) is 0 Å². The van der Waals surface area contributed by atoms with Crippen LogP contribution in [0.5, 0.6) is 5.75 Å². The Labute approximate surface area is 159 Å². The Morgan fingerprint density at radius 1 is 1.04 bits per heavy atom. The fourth-order valence-corrected chi connectivity index (χ4v) is 3.53. The molecule has 142 valence electrons. The number of hydrogen-bond donors (Lipinski definition) is 1. The third-order valence-electron chi connectivity index (χ3n) is 4.91. The molecular formula is C22H25NO4. The van der Waals surface area contributed by atoms with Crippen LogP contribution in [0.2, 0.25) is 0 Å². The number of carbonyl (C=O) groups is 2. The van der Waals surface area contributed by atoms with E-state index in [0.29, 0.717) is 24.5 Å². The monoisotopic (exact) mass is 367 g/mol. The fraction of sp³-hybridized carbons (Fsp3) is 0.364. The molecule has 0 bridgehead atoms. The molecule has 1 N–H and O–H groups in total. The van der Waals surface area contributed by atoms with Crippen molar-refractivity contribution in [1.82, 2.24) is 4.90 Å². The number of carboxylic acid groups (broad SMARTS) is 1. The molecule has 1 saturated heterocycles. The maximum absolute atomic E-state index is 13.1. The van der Waals surface area contributed by atoms with Crippen molar-refractivity contribution in [2.75, 3.05) is 13.2 Å². The zero-order chi connectivity index (χ0) is 19.1. The van der Waals surface area contributed by atoms with Crippen LogP contribution >= 0.6 is 0 Å². The summed E-state index contributed by atoms with van der Waals surface area (Å²) in [6.45, 7) is 1.07. The number of aliphatic carboxylic acids is 1. The summed E-state index contributed by atoms with van der Waals surface area (Å²) in [4.78, 5) is 26.0. The number of benzene rings is 2. The van der Waals surface area contributed by atoms with E-state index in [1.807, 2.05) is 42.5 Å². The number of rotatable bonds is 7. The lowest BCUT2D eigenvalue weighted by Gasteiger charge is -2.35. The van der Waals surface area contributed by atoms with Gasteiger partial charge in [0.1, 0.15) is 5.75 Å². The second-order valence-electron chi connectivity index (χ2n) is 6.83. The summed E-state index contributed by atoms with van der Waals surface area (Å²) in [6, 6.07) is 17.0. The number of nitrogens with zero attached hydrogens (tertiary/aromatic N) is 1. The van der Waals surface area contributed by atoms with Gasteiger partial charge in [-0.05, 0) is 37.0 Å². The number of para-hydroxylation sites is 1. The lowest BCUT2D eigenvalue weighted by atomic mass is 9.98. The molecule has 0 spiro atoms. The van der Waals surface area contributed by atoms with Crippen LogP contribution in [0.3, 0.4) is 0 Å². The van der Waals surface area contributed by atoms with E-state index < -0.39 is 5.97 Å². The number of amides is 1. The minimum Gasteiger partial charge on any atom is -0.492 e. The Hall–Kier alpha value is -2.82. The molecule has 0 radical (unpaired) electrons. The molecule has 2 aromatic carbocycles. The van der Waals surface area contributed by atoms with Gasteiger partial charge in [-0.3, -0.25) is 9.59 Å². The zero-order valence-electron chi connectivity index (χ0n) is 15.3. The van der Waals surface area contributed by atoms with Crippen molar-refractivity contribution in [3.63, 3.8) is 0 Å². The molecule has 0 saturated carbocycles. The molecule has 2 aromatic rings. The lowest BCUT2D eigenvalue weighted by molar-refractivity contribution is -0.138. The Balaban J connectivity index is 1.70. The topological polar surface area (TPSA) is 66.8 Å². The highest BCUT2D eigenvalue weighted by atomic mass is 16.5.